The van der Waals surface area contributed by atoms with Gasteiger partial charge in [0.05, 0.1) is 37.0 Å². The Morgan fingerprint density at radius 1 is 1.09 bits per heavy atom. The summed E-state index contributed by atoms with van der Waals surface area (Å²) in [5.74, 6) is -0.131. The van der Waals surface area contributed by atoms with Crippen LogP contribution in [0.1, 0.15) is 16.8 Å². The molecule has 0 bridgehead atoms. The number of hydrogen-bond donors (Lipinski definition) is 1. The maximum Gasteiger partial charge on any atom is 0.270 e. The van der Waals surface area contributed by atoms with Crippen LogP contribution < -0.4 is 10.2 Å². The molecule has 10 heteroatoms. The fraction of sp³-hybridized carbons (Fsp3) is 0.375. The van der Waals surface area contributed by atoms with E-state index in [0.717, 1.165) is 29.8 Å². The molecule has 0 atom stereocenters. The molecule has 2 aromatic heterocycles. The molecule has 1 fully saturated rings. The largest absolute Gasteiger partial charge is 0.378 e. The number of aryl methyl sites for hydroxylation is 1. The number of anilines is 3. The quantitative estimate of drug-likeness (QED) is 0.499. The molecule has 0 radical (unpaired) electrons. The topological polar surface area (TPSA) is 91.1 Å². The van der Waals surface area contributed by atoms with E-state index in [1.165, 1.54) is 11.1 Å². The van der Waals surface area contributed by atoms with E-state index < -0.39 is 5.82 Å². The van der Waals surface area contributed by atoms with Crippen molar-refractivity contribution >= 4 is 23.1 Å². The summed E-state index contributed by atoms with van der Waals surface area (Å²) in [5, 5.41) is 11.6. The van der Waals surface area contributed by atoms with Crippen LogP contribution in [0, 0.1) is 12.7 Å². The van der Waals surface area contributed by atoms with Crippen LogP contribution in [0.2, 0.25) is 0 Å². The van der Waals surface area contributed by atoms with Crippen molar-refractivity contribution in [3.05, 3.63) is 65.4 Å². The first kappa shape index (κ1) is 23.7. The SMILES string of the molecule is Cc1cc(Nc2ccc(CN=Nc3ncc(F)c(N4CCOCC4)n3)nc2)ccc1CN(C)C. The minimum atomic E-state index is -0.479. The van der Waals surface area contributed by atoms with Gasteiger partial charge in [0.1, 0.15) is 6.54 Å². The Labute approximate surface area is 198 Å². The molecule has 0 spiro atoms. The lowest BCUT2D eigenvalue weighted by atomic mass is 10.1. The van der Waals surface area contributed by atoms with E-state index in [2.05, 4.69) is 74.6 Å². The van der Waals surface area contributed by atoms with E-state index in [9.17, 15) is 4.39 Å². The molecule has 3 heterocycles. The summed E-state index contributed by atoms with van der Waals surface area (Å²) in [7, 11) is 4.13. The smallest absolute Gasteiger partial charge is 0.270 e. The third kappa shape index (κ3) is 6.30. The average Bonchev–Trinajstić information content (AvgIpc) is 2.83. The number of aromatic nitrogens is 3. The first-order chi connectivity index (χ1) is 16.5. The molecule has 0 amide bonds. The van der Waals surface area contributed by atoms with Crippen molar-refractivity contribution in [3.8, 4) is 0 Å². The van der Waals surface area contributed by atoms with E-state index in [1.54, 1.807) is 6.20 Å². The van der Waals surface area contributed by atoms with Gasteiger partial charge < -0.3 is 19.9 Å². The van der Waals surface area contributed by atoms with E-state index in [1.807, 2.05) is 17.0 Å². The van der Waals surface area contributed by atoms with Crippen molar-refractivity contribution < 1.29 is 9.13 Å². The maximum atomic E-state index is 14.1. The number of morpholine rings is 1. The Kier molecular flexibility index (Phi) is 7.71. The van der Waals surface area contributed by atoms with Gasteiger partial charge in [-0.15, -0.1) is 5.11 Å². The van der Waals surface area contributed by atoms with Crippen molar-refractivity contribution in [1.82, 2.24) is 19.9 Å². The van der Waals surface area contributed by atoms with Crippen molar-refractivity contribution in [1.29, 1.82) is 0 Å². The lowest BCUT2D eigenvalue weighted by molar-refractivity contribution is 0.122. The molecule has 0 saturated carbocycles. The molecular weight excluding hydrogens is 435 g/mol. The number of ether oxygens (including phenoxy) is 1. The number of hydrogen-bond acceptors (Lipinski definition) is 9. The van der Waals surface area contributed by atoms with Crippen molar-refractivity contribution in [2.24, 2.45) is 10.2 Å². The van der Waals surface area contributed by atoms with Gasteiger partial charge in [0, 0.05) is 25.3 Å². The number of pyridine rings is 1. The molecule has 1 aliphatic rings. The number of rotatable bonds is 8. The molecule has 9 nitrogen and oxygen atoms in total. The van der Waals surface area contributed by atoms with Gasteiger partial charge >= 0.3 is 0 Å². The van der Waals surface area contributed by atoms with Crippen LogP contribution in [-0.2, 0) is 17.8 Å². The summed E-state index contributed by atoms with van der Waals surface area (Å²) in [5.41, 5.74) is 5.19. The molecule has 34 heavy (non-hydrogen) atoms. The summed E-state index contributed by atoms with van der Waals surface area (Å²) < 4.78 is 19.4. The Balaban J connectivity index is 1.35. The highest BCUT2D eigenvalue weighted by Gasteiger charge is 2.17. The second-order valence-electron chi connectivity index (χ2n) is 8.38. The summed E-state index contributed by atoms with van der Waals surface area (Å²) >= 11 is 0. The van der Waals surface area contributed by atoms with Crippen LogP contribution in [-0.4, -0.2) is 60.3 Å². The summed E-state index contributed by atoms with van der Waals surface area (Å²) in [6, 6.07) is 10.2. The maximum absolute atomic E-state index is 14.1. The number of azo groups is 1. The van der Waals surface area contributed by atoms with E-state index in [-0.39, 0.29) is 18.3 Å². The third-order valence-electron chi connectivity index (χ3n) is 5.36. The van der Waals surface area contributed by atoms with Gasteiger partial charge in [-0.3, -0.25) is 4.98 Å². The zero-order valence-corrected chi connectivity index (χ0v) is 19.7. The van der Waals surface area contributed by atoms with E-state index in [0.29, 0.717) is 26.3 Å². The van der Waals surface area contributed by atoms with Gasteiger partial charge in [0.25, 0.3) is 5.95 Å². The van der Waals surface area contributed by atoms with Crippen LogP contribution in [0.15, 0.2) is 53.0 Å². The molecule has 1 N–H and O–H groups in total. The van der Waals surface area contributed by atoms with Crippen molar-refractivity contribution in [2.75, 3.05) is 50.6 Å². The zero-order valence-electron chi connectivity index (χ0n) is 19.7. The monoisotopic (exact) mass is 464 g/mol. The Morgan fingerprint density at radius 3 is 2.59 bits per heavy atom. The molecule has 0 unspecified atom stereocenters. The highest BCUT2D eigenvalue weighted by molar-refractivity contribution is 5.60. The standard InChI is InChI=1S/C24H29FN8O/c1-17-12-19(5-4-18(17)16-32(2)3)29-21-7-6-20(26-13-21)14-28-31-24-27-15-22(25)23(30-24)33-8-10-34-11-9-33/h4-7,12-13,15,29H,8-11,14,16H2,1-3H3. The van der Waals surface area contributed by atoms with Crippen LogP contribution >= 0.6 is 0 Å². The predicted molar refractivity (Wildman–Crippen MR) is 129 cm³/mol. The van der Waals surface area contributed by atoms with Gasteiger partial charge in [-0.25, -0.2) is 9.37 Å². The number of benzene rings is 1. The predicted octanol–water partition coefficient (Wildman–Crippen LogP) is 4.24. The second-order valence-corrected chi connectivity index (χ2v) is 8.38. The van der Waals surface area contributed by atoms with Crippen LogP contribution in [0.3, 0.4) is 0 Å². The summed E-state index contributed by atoms with van der Waals surface area (Å²) in [6.07, 6.45) is 2.89. The van der Waals surface area contributed by atoms with E-state index in [4.69, 9.17) is 4.74 Å². The normalized spacial score (nSPS) is 14.2. The van der Waals surface area contributed by atoms with Gasteiger partial charge in [-0.2, -0.15) is 10.1 Å². The van der Waals surface area contributed by atoms with Crippen molar-refractivity contribution in [3.63, 3.8) is 0 Å². The number of halogens is 1. The van der Waals surface area contributed by atoms with Gasteiger partial charge in [0.15, 0.2) is 11.6 Å². The zero-order chi connectivity index (χ0) is 23.9. The highest BCUT2D eigenvalue weighted by atomic mass is 19.1. The summed E-state index contributed by atoms with van der Waals surface area (Å²) in [6.45, 7) is 5.53. The molecule has 1 saturated heterocycles. The fourth-order valence-corrected chi connectivity index (χ4v) is 3.62. The first-order valence-electron chi connectivity index (χ1n) is 11.2. The number of nitrogens with one attached hydrogen (secondary N) is 1. The Hall–Kier alpha value is -3.50. The average molecular weight is 465 g/mol. The molecule has 4 rings (SSSR count). The molecule has 3 aromatic rings. The lowest BCUT2D eigenvalue weighted by Gasteiger charge is -2.27. The first-order valence-corrected chi connectivity index (χ1v) is 11.2. The molecular formula is C24H29FN8O. The molecule has 1 aromatic carbocycles. The van der Waals surface area contributed by atoms with Crippen LogP contribution in [0.4, 0.5) is 27.5 Å². The van der Waals surface area contributed by atoms with Crippen LogP contribution in [0.5, 0.6) is 0 Å². The number of nitrogens with zero attached hydrogens (tertiary/aromatic N) is 7. The lowest BCUT2D eigenvalue weighted by Crippen LogP contribution is -2.37. The minimum absolute atomic E-state index is 0.120. The van der Waals surface area contributed by atoms with Crippen LogP contribution in [0.25, 0.3) is 0 Å². The minimum Gasteiger partial charge on any atom is -0.378 e. The van der Waals surface area contributed by atoms with Gasteiger partial charge in [-0.1, -0.05) is 6.07 Å². The van der Waals surface area contributed by atoms with E-state index >= 15 is 0 Å². The highest BCUT2D eigenvalue weighted by Crippen LogP contribution is 2.22. The van der Waals surface area contributed by atoms with Gasteiger partial charge in [-0.05, 0) is 56.4 Å². The second kappa shape index (κ2) is 11.1. The third-order valence-corrected chi connectivity index (χ3v) is 5.36. The molecule has 0 aliphatic carbocycles. The van der Waals surface area contributed by atoms with Gasteiger partial charge in [0.2, 0.25) is 0 Å². The summed E-state index contributed by atoms with van der Waals surface area (Å²) in [4.78, 5) is 16.5. The Bertz CT molecular complexity index is 1130. The Morgan fingerprint density at radius 2 is 1.88 bits per heavy atom. The fourth-order valence-electron chi connectivity index (χ4n) is 3.62. The molecule has 178 valence electrons. The molecule has 1 aliphatic heterocycles. The van der Waals surface area contributed by atoms with Crippen molar-refractivity contribution in [2.45, 2.75) is 20.0 Å².